The molecule has 6 heteroatoms. The number of nitrogens with one attached hydrogen (secondary N) is 2. The first-order valence-electron chi connectivity index (χ1n) is 6.61. The van der Waals surface area contributed by atoms with E-state index in [1.54, 1.807) is 12.3 Å². The molecule has 5 nitrogen and oxygen atoms in total. The van der Waals surface area contributed by atoms with Crippen LogP contribution in [0.4, 0.5) is 11.5 Å². The van der Waals surface area contributed by atoms with Crippen LogP contribution in [0.3, 0.4) is 0 Å². The fraction of sp³-hybridized carbons (Fsp3) is 0.200. The molecular formula is C15H17ClN4O. The van der Waals surface area contributed by atoms with Crippen LogP contribution in [0.2, 0.25) is 5.02 Å². The normalized spacial score (nSPS) is 10.2. The second kappa shape index (κ2) is 7.61. The highest BCUT2D eigenvalue weighted by atomic mass is 35.5. The number of carbonyl (C=O) groups excluding carboxylic acids is 1. The monoisotopic (exact) mass is 304 g/mol. The number of aromatic nitrogens is 1. The molecule has 0 bridgehead atoms. The van der Waals surface area contributed by atoms with Gasteiger partial charge in [0, 0.05) is 24.5 Å². The standard InChI is InChI=1S/C15H17ClN4O/c16-12-3-1-11(2-4-12)9-18-13-5-6-14(19-10-13)20-15(21)7-8-17/h1-6,10,18H,7-9,17H2,(H,19,20,21). The smallest absolute Gasteiger partial charge is 0.226 e. The summed E-state index contributed by atoms with van der Waals surface area (Å²) in [5.74, 6) is 0.386. The van der Waals surface area contributed by atoms with Crippen molar-refractivity contribution < 1.29 is 4.79 Å². The summed E-state index contributed by atoms with van der Waals surface area (Å²) in [6.45, 7) is 1.00. The molecule has 1 amide bonds. The van der Waals surface area contributed by atoms with Crippen LogP contribution < -0.4 is 16.4 Å². The summed E-state index contributed by atoms with van der Waals surface area (Å²) in [6.07, 6.45) is 1.96. The number of nitrogens with two attached hydrogens (primary N) is 1. The van der Waals surface area contributed by atoms with Crippen molar-refractivity contribution in [3.63, 3.8) is 0 Å². The van der Waals surface area contributed by atoms with Crippen LogP contribution in [0.5, 0.6) is 0 Å². The quantitative estimate of drug-likeness (QED) is 0.766. The predicted molar refractivity (Wildman–Crippen MR) is 85.3 cm³/mol. The van der Waals surface area contributed by atoms with Gasteiger partial charge in [0.05, 0.1) is 11.9 Å². The first kappa shape index (κ1) is 15.3. The predicted octanol–water partition coefficient (Wildman–Crippen LogP) is 2.63. The van der Waals surface area contributed by atoms with Crippen LogP contribution in [0.25, 0.3) is 0 Å². The Morgan fingerprint density at radius 3 is 2.57 bits per heavy atom. The Hall–Kier alpha value is -2.11. The van der Waals surface area contributed by atoms with Gasteiger partial charge in [-0.25, -0.2) is 4.98 Å². The molecule has 1 heterocycles. The van der Waals surface area contributed by atoms with E-state index >= 15 is 0 Å². The number of anilines is 2. The Kier molecular flexibility index (Phi) is 5.54. The second-order valence-electron chi connectivity index (χ2n) is 4.50. The number of hydrogen-bond donors (Lipinski definition) is 3. The van der Waals surface area contributed by atoms with E-state index < -0.39 is 0 Å². The van der Waals surface area contributed by atoms with Crippen LogP contribution in [0.1, 0.15) is 12.0 Å². The fourth-order valence-corrected chi connectivity index (χ4v) is 1.84. The Balaban J connectivity index is 1.87. The molecule has 21 heavy (non-hydrogen) atoms. The van der Waals surface area contributed by atoms with Gasteiger partial charge in [0.2, 0.25) is 5.91 Å². The van der Waals surface area contributed by atoms with E-state index in [1.807, 2.05) is 30.3 Å². The molecule has 0 saturated heterocycles. The van der Waals surface area contributed by atoms with E-state index in [0.717, 1.165) is 16.3 Å². The van der Waals surface area contributed by atoms with E-state index in [4.69, 9.17) is 17.3 Å². The summed E-state index contributed by atoms with van der Waals surface area (Å²) < 4.78 is 0. The molecule has 110 valence electrons. The maximum absolute atomic E-state index is 11.4. The van der Waals surface area contributed by atoms with Crippen molar-refractivity contribution in [2.75, 3.05) is 17.2 Å². The maximum Gasteiger partial charge on any atom is 0.226 e. The Morgan fingerprint density at radius 2 is 1.95 bits per heavy atom. The zero-order valence-electron chi connectivity index (χ0n) is 11.5. The van der Waals surface area contributed by atoms with E-state index in [9.17, 15) is 4.79 Å². The van der Waals surface area contributed by atoms with Crippen LogP contribution in [-0.2, 0) is 11.3 Å². The Bertz CT molecular complexity index is 584. The van der Waals surface area contributed by atoms with Gasteiger partial charge in [-0.15, -0.1) is 0 Å². The first-order chi connectivity index (χ1) is 10.2. The topological polar surface area (TPSA) is 80.0 Å². The lowest BCUT2D eigenvalue weighted by atomic mass is 10.2. The summed E-state index contributed by atoms with van der Waals surface area (Å²) in [6, 6.07) is 11.2. The van der Waals surface area contributed by atoms with Crippen molar-refractivity contribution in [2.24, 2.45) is 5.73 Å². The van der Waals surface area contributed by atoms with Crippen LogP contribution in [-0.4, -0.2) is 17.4 Å². The highest BCUT2D eigenvalue weighted by Gasteiger charge is 2.02. The van der Waals surface area contributed by atoms with Gasteiger partial charge in [0.25, 0.3) is 0 Å². The summed E-state index contributed by atoms with van der Waals surface area (Å²) in [5.41, 5.74) is 7.31. The minimum absolute atomic E-state index is 0.133. The average molecular weight is 305 g/mol. The summed E-state index contributed by atoms with van der Waals surface area (Å²) >= 11 is 5.84. The molecule has 0 aliphatic carbocycles. The van der Waals surface area contributed by atoms with Crippen molar-refractivity contribution in [1.29, 1.82) is 0 Å². The molecular weight excluding hydrogens is 288 g/mol. The molecule has 1 aromatic carbocycles. The second-order valence-corrected chi connectivity index (χ2v) is 4.94. The molecule has 0 unspecified atom stereocenters. The van der Waals surface area contributed by atoms with Gasteiger partial charge >= 0.3 is 0 Å². The largest absolute Gasteiger partial charge is 0.380 e. The van der Waals surface area contributed by atoms with Gasteiger partial charge in [0.1, 0.15) is 5.82 Å². The van der Waals surface area contributed by atoms with Gasteiger partial charge in [-0.3, -0.25) is 4.79 Å². The Morgan fingerprint density at radius 1 is 1.19 bits per heavy atom. The SMILES string of the molecule is NCCC(=O)Nc1ccc(NCc2ccc(Cl)cc2)cn1. The molecule has 0 aliphatic rings. The maximum atomic E-state index is 11.4. The minimum atomic E-state index is -0.133. The van der Waals surface area contributed by atoms with Crippen LogP contribution in [0.15, 0.2) is 42.6 Å². The number of hydrogen-bond acceptors (Lipinski definition) is 4. The number of halogens is 1. The summed E-state index contributed by atoms with van der Waals surface area (Å²) in [4.78, 5) is 15.5. The number of carbonyl (C=O) groups is 1. The number of pyridine rings is 1. The van der Waals surface area contributed by atoms with E-state index in [1.165, 1.54) is 0 Å². The molecule has 2 aromatic rings. The van der Waals surface area contributed by atoms with Gasteiger partial charge in [0.15, 0.2) is 0 Å². The van der Waals surface area contributed by atoms with Crippen molar-refractivity contribution in [1.82, 2.24) is 4.98 Å². The van der Waals surface area contributed by atoms with Crippen molar-refractivity contribution >= 4 is 29.0 Å². The number of nitrogens with zero attached hydrogens (tertiary/aromatic N) is 1. The highest BCUT2D eigenvalue weighted by molar-refractivity contribution is 6.30. The van der Waals surface area contributed by atoms with Crippen molar-refractivity contribution in [3.8, 4) is 0 Å². The molecule has 2 rings (SSSR count). The average Bonchev–Trinajstić information content (AvgIpc) is 2.48. The van der Waals surface area contributed by atoms with Gasteiger partial charge in [-0.05, 0) is 29.8 Å². The summed E-state index contributed by atoms with van der Waals surface area (Å²) in [7, 11) is 0. The third-order valence-corrected chi connectivity index (χ3v) is 3.06. The van der Waals surface area contributed by atoms with Gasteiger partial charge < -0.3 is 16.4 Å². The molecule has 0 saturated carbocycles. The number of benzene rings is 1. The van der Waals surface area contributed by atoms with Crippen molar-refractivity contribution in [3.05, 3.63) is 53.2 Å². The zero-order chi connectivity index (χ0) is 15.1. The van der Waals surface area contributed by atoms with E-state index in [0.29, 0.717) is 18.9 Å². The first-order valence-corrected chi connectivity index (χ1v) is 6.99. The molecule has 0 aliphatic heterocycles. The van der Waals surface area contributed by atoms with E-state index in [2.05, 4.69) is 15.6 Å². The lowest BCUT2D eigenvalue weighted by Gasteiger charge is -2.08. The molecule has 0 spiro atoms. The van der Waals surface area contributed by atoms with Gasteiger partial charge in [-0.1, -0.05) is 23.7 Å². The van der Waals surface area contributed by atoms with Crippen LogP contribution >= 0.6 is 11.6 Å². The fourth-order valence-electron chi connectivity index (χ4n) is 1.72. The molecule has 0 radical (unpaired) electrons. The summed E-state index contributed by atoms with van der Waals surface area (Å²) in [5, 5.41) is 6.65. The third kappa shape index (κ3) is 5.06. The third-order valence-electron chi connectivity index (χ3n) is 2.81. The van der Waals surface area contributed by atoms with Crippen LogP contribution in [0, 0.1) is 0 Å². The highest BCUT2D eigenvalue weighted by Crippen LogP contribution is 2.13. The van der Waals surface area contributed by atoms with E-state index in [-0.39, 0.29) is 12.3 Å². The lowest BCUT2D eigenvalue weighted by molar-refractivity contribution is -0.116. The van der Waals surface area contributed by atoms with Gasteiger partial charge in [-0.2, -0.15) is 0 Å². The van der Waals surface area contributed by atoms with Crippen molar-refractivity contribution in [2.45, 2.75) is 13.0 Å². The molecule has 0 atom stereocenters. The number of rotatable bonds is 6. The molecule has 1 aromatic heterocycles. The zero-order valence-corrected chi connectivity index (χ0v) is 12.2. The molecule has 4 N–H and O–H groups in total. The minimum Gasteiger partial charge on any atom is -0.380 e. The lowest BCUT2D eigenvalue weighted by Crippen LogP contribution is -2.16. The Labute approximate surface area is 128 Å². The molecule has 0 fully saturated rings. The number of amides is 1.